The van der Waals surface area contributed by atoms with Crippen LogP contribution in [-0.2, 0) is 32.1 Å². The summed E-state index contributed by atoms with van der Waals surface area (Å²) in [6.45, 7) is 8.98. The number of nitrogens with zero attached hydrogens (tertiary/aromatic N) is 2. The molecule has 0 atom stereocenters. The van der Waals surface area contributed by atoms with Crippen LogP contribution in [-0.4, -0.2) is 52.9 Å². The molecule has 1 amide bonds. The molecule has 0 N–H and O–H groups in total. The Labute approximate surface area is 216 Å². The van der Waals surface area contributed by atoms with Crippen LogP contribution in [0.3, 0.4) is 0 Å². The topological polar surface area (TPSA) is 87.1 Å². The van der Waals surface area contributed by atoms with Gasteiger partial charge in [0, 0.05) is 6.54 Å². The zero-order chi connectivity index (χ0) is 25.5. The van der Waals surface area contributed by atoms with Gasteiger partial charge in [-0.05, 0) is 72.0 Å². The molecular weight excluding hydrogens is 572 g/mol. The number of amides is 1. The van der Waals surface area contributed by atoms with Crippen molar-refractivity contribution in [1.29, 1.82) is 0 Å². The number of rotatable bonds is 9. The van der Waals surface area contributed by atoms with E-state index in [0.717, 1.165) is 5.56 Å². The quantitative estimate of drug-likeness (QED) is 0.277. The van der Waals surface area contributed by atoms with Crippen molar-refractivity contribution < 1.29 is 28.6 Å². The molecule has 34 heavy (non-hydrogen) atoms. The summed E-state index contributed by atoms with van der Waals surface area (Å²) in [5, 5.41) is 0. The lowest BCUT2D eigenvalue weighted by atomic mass is 10.2. The maximum absolute atomic E-state index is 13.0. The van der Waals surface area contributed by atoms with Gasteiger partial charge in [-0.1, -0.05) is 30.3 Å². The average Bonchev–Trinajstić information content (AvgIpc) is 2.97. The van der Waals surface area contributed by atoms with Crippen molar-refractivity contribution in [3.05, 3.63) is 56.2 Å². The smallest absolute Gasteiger partial charge is 0.411 e. The van der Waals surface area contributed by atoms with Crippen molar-refractivity contribution in [3.8, 4) is 0 Å². The molecule has 0 radical (unpaired) electrons. The summed E-state index contributed by atoms with van der Waals surface area (Å²) in [6.07, 6.45) is -0.699. The van der Waals surface area contributed by atoms with Gasteiger partial charge in [-0.3, -0.25) is 9.69 Å². The van der Waals surface area contributed by atoms with Crippen molar-refractivity contribution >= 4 is 49.9 Å². The summed E-state index contributed by atoms with van der Waals surface area (Å²) >= 11 is 7.05. The summed E-state index contributed by atoms with van der Waals surface area (Å²) in [5.41, 5.74) is 0.955. The molecule has 1 aromatic carbocycles. The molecule has 186 valence electrons. The number of ether oxygens (including phenoxy) is 3. The molecule has 10 heteroatoms. The highest BCUT2D eigenvalue weighted by Crippen LogP contribution is 2.35. The van der Waals surface area contributed by atoms with Crippen LogP contribution in [0.4, 0.5) is 4.79 Å². The highest BCUT2D eigenvalue weighted by molar-refractivity contribution is 9.13. The van der Waals surface area contributed by atoms with E-state index < -0.39 is 23.6 Å². The summed E-state index contributed by atoms with van der Waals surface area (Å²) in [6, 6.07) is 9.67. The fourth-order valence-electron chi connectivity index (χ4n) is 3.16. The van der Waals surface area contributed by atoms with Crippen LogP contribution in [0.1, 0.15) is 56.2 Å². The summed E-state index contributed by atoms with van der Waals surface area (Å²) in [4.78, 5) is 39.4. The van der Waals surface area contributed by atoms with E-state index in [9.17, 15) is 14.4 Å². The molecule has 8 nitrogen and oxygen atoms in total. The molecule has 0 saturated heterocycles. The molecule has 1 heterocycles. The van der Waals surface area contributed by atoms with E-state index in [-0.39, 0.29) is 31.9 Å². The largest absolute Gasteiger partial charge is 0.465 e. The van der Waals surface area contributed by atoms with E-state index in [2.05, 4.69) is 31.9 Å². The molecule has 0 spiro atoms. The van der Waals surface area contributed by atoms with Crippen molar-refractivity contribution in [3.63, 3.8) is 0 Å². The Hall–Kier alpha value is -2.33. The first-order valence-corrected chi connectivity index (χ1v) is 12.5. The minimum atomic E-state index is -0.777. The Kier molecular flexibility index (Phi) is 10.2. The van der Waals surface area contributed by atoms with Crippen LogP contribution in [0.2, 0.25) is 0 Å². The average molecular weight is 602 g/mol. The van der Waals surface area contributed by atoms with E-state index >= 15 is 0 Å². The second-order valence-electron chi connectivity index (χ2n) is 8.36. The second-order valence-corrected chi connectivity index (χ2v) is 9.90. The van der Waals surface area contributed by atoms with Crippen molar-refractivity contribution in [2.45, 2.75) is 53.3 Å². The Morgan fingerprint density at radius 3 is 2.18 bits per heavy atom. The van der Waals surface area contributed by atoms with E-state index in [1.807, 2.05) is 34.9 Å². The Balaban J connectivity index is 2.57. The molecular formula is C24H30Br2N2O6. The van der Waals surface area contributed by atoms with Crippen molar-refractivity contribution in [2.75, 3.05) is 19.8 Å². The van der Waals surface area contributed by atoms with Crippen LogP contribution in [0.25, 0.3) is 0 Å². The SMILES string of the molecule is CCOC(=O)CN(Cc1c(C(=O)OCC)c(Br)c(Br)n1Cc1ccccc1)C(=O)OC(C)(C)C. The molecule has 0 saturated carbocycles. The van der Waals surface area contributed by atoms with Crippen LogP contribution in [0, 0.1) is 0 Å². The molecule has 2 rings (SSSR count). The van der Waals surface area contributed by atoms with Crippen LogP contribution < -0.4 is 0 Å². The lowest BCUT2D eigenvalue weighted by molar-refractivity contribution is -0.144. The zero-order valence-corrected chi connectivity index (χ0v) is 23.2. The molecule has 0 fully saturated rings. The predicted molar refractivity (Wildman–Crippen MR) is 135 cm³/mol. The van der Waals surface area contributed by atoms with Crippen molar-refractivity contribution in [1.82, 2.24) is 9.47 Å². The summed E-state index contributed by atoms with van der Waals surface area (Å²) in [5.74, 6) is -1.12. The number of carbonyl (C=O) groups is 3. The number of esters is 2. The second kappa shape index (κ2) is 12.4. The van der Waals surface area contributed by atoms with Gasteiger partial charge >= 0.3 is 18.0 Å². The van der Waals surface area contributed by atoms with Gasteiger partial charge in [0.05, 0.1) is 35.5 Å². The third-order valence-electron chi connectivity index (χ3n) is 4.53. The van der Waals surface area contributed by atoms with E-state index in [4.69, 9.17) is 14.2 Å². The van der Waals surface area contributed by atoms with E-state index in [1.165, 1.54) is 4.90 Å². The van der Waals surface area contributed by atoms with Crippen LogP contribution >= 0.6 is 31.9 Å². The monoisotopic (exact) mass is 600 g/mol. The molecule has 0 aliphatic rings. The molecule has 0 aliphatic carbocycles. The van der Waals surface area contributed by atoms with Gasteiger partial charge in [0.1, 0.15) is 16.7 Å². The first-order valence-electron chi connectivity index (χ1n) is 10.9. The Bertz CT molecular complexity index is 1010. The van der Waals surface area contributed by atoms with E-state index in [1.54, 1.807) is 34.6 Å². The highest BCUT2D eigenvalue weighted by Gasteiger charge is 2.31. The lowest BCUT2D eigenvalue weighted by Gasteiger charge is -2.27. The first-order chi connectivity index (χ1) is 16.0. The summed E-state index contributed by atoms with van der Waals surface area (Å²) < 4.78 is 18.8. The molecule has 2 aromatic rings. The maximum atomic E-state index is 13.0. The lowest BCUT2D eigenvalue weighted by Crippen LogP contribution is -2.40. The Morgan fingerprint density at radius 2 is 1.62 bits per heavy atom. The van der Waals surface area contributed by atoms with E-state index in [0.29, 0.717) is 21.3 Å². The third-order valence-corrected chi connectivity index (χ3v) is 6.66. The molecule has 0 aliphatic heterocycles. The van der Waals surface area contributed by atoms with Crippen molar-refractivity contribution in [2.24, 2.45) is 0 Å². The molecule has 0 bridgehead atoms. The number of halogens is 2. The minimum absolute atomic E-state index is 0.0844. The number of hydrogen-bond donors (Lipinski definition) is 0. The number of benzene rings is 1. The van der Waals surface area contributed by atoms with Gasteiger partial charge in [-0.2, -0.15) is 0 Å². The van der Waals surface area contributed by atoms with Crippen LogP contribution in [0.5, 0.6) is 0 Å². The standard InChI is InChI=1S/C24H30Br2N2O6/c1-6-32-18(29)15-27(23(31)34-24(3,4)5)14-17-19(22(30)33-7-2)20(25)21(26)28(17)13-16-11-9-8-10-12-16/h8-12H,6-7,13-15H2,1-5H3. The Morgan fingerprint density at radius 1 is 1.00 bits per heavy atom. The van der Waals surface area contributed by atoms with Gasteiger partial charge in [0.25, 0.3) is 0 Å². The number of hydrogen-bond acceptors (Lipinski definition) is 6. The third kappa shape index (κ3) is 7.59. The fraction of sp³-hybridized carbons (Fsp3) is 0.458. The zero-order valence-electron chi connectivity index (χ0n) is 20.0. The fourth-order valence-corrected chi connectivity index (χ4v) is 4.30. The molecule has 1 aromatic heterocycles. The maximum Gasteiger partial charge on any atom is 0.411 e. The number of carbonyl (C=O) groups excluding carboxylic acids is 3. The van der Waals surface area contributed by atoms with Gasteiger partial charge in [0.2, 0.25) is 0 Å². The number of aromatic nitrogens is 1. The predicted octanol–water partition coefficient (Wildman–Crippen LogP) is 5.54. The van der Waals surface area contributed by atoms with Gasteiger partial charge in [-0.25, -0.2) is 9.59 Å². The van der Waals surface area contributed by atoms with Gasteiger partial charge in [-0.15, -0.1) is 0 Å². The normalized spacial score (nSPS) is 11.1. The van der Waals surface area contributed by atoms with Gasteiger partial charge in [0.15, 0.2) is 0 Å². The van der Waals surface area contributed by atoms with Gasteiger partial charge < -0.3 is 18.8 Å². The summed E-state index contributed by atoms with van der Waals surface area (Å²) in [7, 11) is 0. The highest BCUT2D eigenvalue weighted by atomic mass is 79.9. The first kappa shape index (κ1) is 27.9. The van der Waals surface area contributed by atoms with Crippen LogP contribution in [0.15, 0.2) is 39.4 Å². The minimum Gasteiger partial charge on any atom is -0.465 e. The molecule has 0 unspecified atom stereocenters.